The Morgan fingerprint density at radius 1 is 1.25 bits per heavy atom. The molecular formula is C14H21N3O3. The van der Waals surface area contributed by atoms with Gasteiger partial charge in [-0.05, 0) is 19.4 Å². The van der Waals surface area contributed by atoms with Crippen molar-refractivity contribution < 1.29 is 14.4 Å². The van der Waals surface area contributed by atoms with Crippen LogP contribution in [0.2, 0.25) is 0 Å². The molecule has 0 aliphatic carbocycles. The van der Waals surface area contributed by atoms with Crippen LogP contribution in [0.1, 0.15) is 18.1 Å². The second-order valence-corrected chi connectivity index (χ2v) is 4.28. The summed E-state index contributed by atoms with van der Waals surface area (Å²) in [5.74, 6) is -0.289. The van der Waals surface area contributed by atoms with Crippen molar-refractivity contribution in [2.24, 2.45) is 0 Å². The molecule has 0 saturated heterocycles. The Balaban J connectivity index is 2.43. The third-order valence-corrected chi connectivity index (χ3v) is 2.70. The lowest BCUT2D eigenvalue weighted by atomic mass is 10.2. The van der Waals surface area contributed by atoms with Gasteiger partial charge < -0.3 is 10.6 Å². The number of aryl methyl sites for hydroxylation is 1. The molecule has 1 aromatic carbocycles. The minimum absolute atomic E-state index is 0.0958. The summed E-state index contributed by atoms with van der Waals surface area (Å²) in [6.07, 6.45) is 0. The number of rotatable bonds is 6. The molecule has 20 heavy (non-hydrogen) atoms. The van der Waals surface area contributed by atoms with Gasteiger partial charge in [-0.15, -0.1) is 0 Å². The quantitative estimate of drug-likeness (QED) is 0.769. The molecule has 0 aliphatic rings. The zero-order chi connectivity index (χ0) is 15.0. The van der Waals surface area contributed by atoms with E-state index in [0.29, 0.717) is 13.2 Å². The number of carbonyl (C=O) groups is 2. The molecular weight excluding hydrogens is 258 g/mol. The number of carbonyl (C=O) groups excluding carboxylic acids is 2. The van der Waals surface area contributed by atoms with E-state index in [-0.39, 0.29) is 12.5 Å². The van der Waals surface area contributed by atoms with Crippen LogP contribution >= 0.6 is 0 Å². The first-order valence-electron chi connectivity index (χ1n) is 6.51. The number of urea groups is 1. The van der Waals surface area contributed by atoms with Gasteiger partial charge in [-0.2, -0.15) is 0 Å². The van der Waals surface area contributed by atoms with Crippen LogP contribution in [0.15, 0.2) is 24.3 Å². The van der Waals surface area contributed by atoms with Gasteiger partial charge in [0.25, 0.3) is 5.91 Å². The van der Waals surface area contributed by atoms with Crippen LogP contribution < -0.4 is 10.6 Å². The lowest BCUT2D eigenvalue weighted by Gasteiger charge is -2.20. The molecule has 1 aromatic rings. The Labute approximate surface area is 119 Å². The fourth-order valence-corrected chi connectivity index (χ4v) is 1.51. The zero-order valence-electron chi connectivity index (χ0n) is 12.1. The predicted molar refractivity (Wildman–Crippen MR) is 75.8 cm³/mol. The summed E-state index contributed by atoms with van der Waals surface area (Å²) in [6.45, 7) is 4.46. The first-order valence-corrected chi connectivity index (χ1v) is 6.51. The van der Waals surface area contributed by atoms with Gasteiger partial charge in [-0.1, -0.05) is 29.8 Å². The smallest absolute Gasteiger partial charge is 0.314 e. The van der Waals surface area contributed by atoms with Crippen LogP contribution in [0.5, 0.6) is 0 Å². The van der Waals surface area contributed by atoms with Crippen molar-refractivity contribution in [3.8, 4) is 0 Å². The number of benzene rings is 1. The van der Waals surface area contributed by atoms with E-state index in [1.165, 1.54) is 17.7 Å². The summed E-state index contributed by atoms with van der Waals surface area (Å²) in [7, 11) is 1.49. The molecule has 0 unspecified atom stereocenters. The lowest BCUT2D eigenvalue weighted by molar-refractivity contribution is -0.188. The molecule has 0 atom stereocenters. The Bertz CT molecular complexity index is 445. The number of likely N-dealkylation sites (N-methyl/N-ethyl adjacent to an activating group) is 1. The molecule has 0 spiro atoms. The van der Waals surface area contributed by atoms with Crippen LogP contribution in [0.3, 0.4) is 0 Å². The average molecular weight is 279 g/mol. The molecule has 0 aromatic heterocycles. The Hall–Kier alpha value is -2.08. The van der Waals surface area contributed by atoms with Gasteiger partial charge in [-0.25, -0.2) is 9.86 Å². The average Bonchev–Trinajstić information content (AvgIpc) is 2.47. The van der Waals surface area contributed by atoms with Crippen LogP contribution in [-0.2, 0) is 16.2 Å². The van der Waals surface area contributed by atoms with Crippen molar-refractivity contribution in [3.63, 3.8) is 0 Å². The SMILES string of the molecule is CCN(OCc1ccc(C)cc1)C(=O)CNC(=O)NC. The maximum absolute atomic E-state index is 11.8. The van der Waals surface area contributed by atoms with Crippen LogP contribution in [0.4, 0.5) is 4.79 Å². The van der Waals surface area contributed by atoms with E-state index in [0.717, 1.165) is 5.56 Å². The summed E-state index contributed by atoms with van der Waals surface area (Å²) in [5, 5.41) is 6.06. The van der Waals surface area contributed by atoms with E-state index in [4.69, 9.17) is 4.84 Å². The van der Waals surface area contributed by atoms with Crippen molar-refractivity contribution >= 4 is 11.9 Å². The van der Waals surface area contributed by atoms with Crippen molar-refractivity contribution in [3.05, 3.63) is 35.4 Å². The highest BCUT2D eigenvalue weighted by molar-refractivity contribution is 5.83. The summed E-state index contributed by atoms with van der Waals surface area (Å²) >= 11 is 0. The second kappa shape index (κ2) is 8.16. The fourth-order valence-electron chi connectivity index (χ4n) is 1.51. The maximum atomic E-state index is 11.8. The molecule has 0 fully saturated rings. The maximum Gasteiger partial charge on any atom is 0.314 e. The number of nitrogens with one attached hydrogen (secondary N) is 2. The van der Waals surface area contributed by atoms with Gasteiger partial charge in [0, 0.05) is 13.6 Å². The topological polar surface area (TPSA) is 70.7 Å². The summed E-state index contributed by atoms with van der Waals surface area (Å²) in [4.78, 5) is 28.3. The van der Waals surface area contributed by atoms with E-state index in [1.54, 1.807) is 0 Å². The Kier molecular flexibility index (Phi) is 6.52. The van der Waals surface area contributed by atoms with Crippen LogP contribution in [0.25, 0.3) is 0 Å². The predicted octanol–water partition coefficient (Wildman–Crippen LogP) is 1.20. The highest BCUT2D eigenvalue weighted by Crippen LogP contribution is 2.06. The van der Waals surface area contributed by atoms with Gasteiger partial charge in [0.2, 0.25) is 0 Å². The van der Waals surface area contributed by atoms with Crippen LogP contribution in [0, 0.1) is 6.92 Å². The zero-order valence-corrected chi connectivity index (χ0v) is 12.1. The minimum Gasteiger partial charge on any atom is -0.341 e. The number of amides is 3. The van der Waals surface area contributed by atoms with E-state index in [9.17, 15) is 9.59 Å². The first kappa shape index (κ1) is 16.0. The van der Waals surface area contributed by atoms with Crippen molar-refractivity contribution in [2.75, 3.05) is 20.1 Å². The molecule has 0 saturated carbocycles. The largest absolute Gasteiger partial charge is 0.341 e. The molecule has 3 amide bonds. The molecule has 0 heterocycles. The van der Waals surface area contributed by atoms with Gasteiger partial charge in [0.15, 0.2) is 0 Å². The van der Waals surface area contributed by atoms with E-state index in [2.05, 4.69) is 10.6 Å². The summed E-state index contributed by atoms with van der Waals surface area (Å²) in [5.41, 5.74) is 2.16. The highest BCUT2D eigenvalue weighted by atomic mass is 16.7. The van der Waals surface area contributed by atoms with Crippen molar-refractivity contribution in [1.29, 1.82) is 0 Å². The van der Waals surface area contributed by atoms with Crippen molar-refractivity contribution in [2.45, 2.75) is 20.5 Å². The van der Waals surface area contributed by atoms with Crippen LogP contribution in [-0.4, -0.2) is 37.1 Å². The van der Waals surface area contributed by atoms with Gasteiger partial charge in [0.05, 0.1) is 0 Å². The van der Waals surface area contributed by atoms with Crippen molar-refractivity contribution in [1.82, 2.24) is 15.7 Å². The second-order valence-electron chi connectivity index (χ2n) is 4.28. The number of hydrogen-bond acceptors (Lipinski definition) is 3. The normalized spacial score (nSPS) is 9.95. The molecule has 110 valence electrons. The number of nitrogens with zero attached hydrogens (tertiary/aromatic N) is 1. The van der Waals surface area contributed by atoms with Gasteiger partial charge in [0.1, 0.15) is 13.2 Å². The molecule has 6 nitrogen and oxygen atoms in total. The molecule has 6 heteroatoms. The monoisotopic (exact) mass is 279 g/mol. The summed E-state index contributed by atoms with van der Waals surface area (Å²) < 4.78 is 0. The lowest BCUT2D eigenvalue weighted by Crippen LogP contribution is -2.42. The third-order valence-electron chi connectivity index (χ3n) is 2.70. The Morgan fingerprint density at radius 3 is 2.45 bits per heavy atom. The van der Waals surface area contributed by atoms with Gasteiger partial charge >= 0.3 is 6.03 Å². The molecule has 0 aliphatic heterocycles. The third kappa shape index (κ3) is 5.27. The molecule has 1 rings (SSSR count). The fraction of sp³-hybridized carbons (Fsp3) is 0.429. The highest BCUT2D eigenvalue weighted by Gasteiger charge is 2.13. The minimum atomic E-state index is -0.395. The molecule has 2 N–H and O–H groups in total. The van der Waals surface area contributed by atoms with E-state index >= 15 is 0 Å². The van der Waals surface area contributed by atoms with E-state index in [1.807, 2.05) is 38.1 Å². The van der Waals surface area contributed by atoms with E-state index < -0.39 is 6.03 Å². The molecule has 0 bridgehead atoms. The standard InChI is InChI=1S/C14H21N3O3/c1-4-17(13(18)9-16-14(19)15-3)20-10-12-7-5-11(2)6-8-12/h5-8H,4,9-10H2,1-3H3,(H2,15,16,19). The first-order chi connectivity index (χ1) is 9.56. The number of hydrogen-bond donors (Lipinski definition) is 2. The Morgan fingerprint density at radius 2 is 1.90 bits per heavy atom. The number of hydroxylamine groups is 2. The molecule has 0 radical (unpaired) electrons. The van der Waals surface area contributed by atoms with Gasteiger partial charge in [-0.3, -0.25) is 9.63 Å². The summed E-state index contributed by atoms with van der Waals surface area (Å²) in [6, 6.07) is 7.49.